The summed E-state index contributed by atoms with van der Waals surface area (Å²) in [6.07, 6.45) is 1.47. The molecular formula is C17H22N2O3. The van der Waals surface area contributed by atoms with E-state index in [1.165, 1.54) is 0 Å². The van der Waals surface area contributed by atoms with Gasteiger partial charge in [-0.05, 0) is 38.5 Å². The van der Waals surface area contributed by atoms with Crippen LogP contribution in [0.5, 0.6) is 0 Å². The summed E-state index contributed by atoms with van der Waals surface area (Å²) in [5, 5.41) is 0. The molecule has 0 atom stereocenters. The van der Waals surface area contributed by atoms with E-state index in [9.17, 15) is 9.59 Å². The van der Waals surface area contributed by atoms with Crippen LogP contribution in [-0.4, -0.2) is 48.6 Å². The second kappa shape index (κ2) is 5.72. The van der Waals surface area contributed by atoms with Crippen LogP contribution in [0.4, 0.5) is 5.69 Å². The van der Waals surface area contributed by atoms with Crippen molar-refractivity contribution in [1.82, 2.24) is 4.90 Å². The molecule has 3 rings (SSSR count). The van der Waals surface area contributed by atoms with Crippen LogP contribution in [0.3, 0.4) is 0 Å². The summed E-state index contributed by atoms with van der Waals surface area (Å²) < 4.78 is 5.47. The van der Waals surface area contributed by atoms with Gasteiger partial charge in [0.15, 0.2) is 0 Å². The van der Waals surface area contributed by atoms with Gasteiger partial charge in [0.1, 0.15) is 0 Å². The van der Waals surface area contributed by atoms with Crippen LogP contribution < -0.4 is 4.90 Å². The number of nitrogens with zero attached hydrogens (tertiary/aromatic N) is 2. The molecule has 2 heterocycles. The van der Waals surface area contributed by atoms with Crippen molar-refractivity contribution in [2.45, 2.75) is 32.2 Å². The Morgan fingerprint density at radius 3 is 2.77 bits per heavy atom. The summed E-state index contributed by atoms with van der Waals surface area (Å²) >= 11 is 0. The van der Waals surface area contributed by atoms with Crippen molar-refractivity contribution in [2.75, 3.05) is 31.2 Å². The number of benzene rings is 1. The minimum absolute atomic E-state index is 0.00166. The van der Waals surface area contributed by atoms with E-state index in [0.29, 0.717) is 31.7 Å². The van der Waals surface area contributed by atoms with E-state index in [0.717, 1.165) is 18.7 Å². The Kier molecular flexibility index (Phi) is 3.91. The molecule has 2 amide bonds. The molecule has 5 nitrogen and oxygen atoms in total. The minimum Gasteiger partial charge on any atom is -0.377 e. The first kappa shape index (κ1) is 15.0. The van der Waals surface area contributed by atoms with E-state index in [1.807, 2.05) is 43.0 Å². The summed E-state index contributed by atoms with van der Waals surface area (Å²) in [6.45, 7) is 6.47. The zero-order valence-corrected chi connectivity index (χ0v) is 13.2. The lowest BCUT2D eigenvalue weighted by Crippen LogP contribution is -2.55. The number of carbonyl (C=O) groups is 2. The number of ether oxygens (including phenoxy) is 1. The maximum absolute atomic E-state index is 12.8. The summed E-state index contributed by atoms with van der Waals surface area (Å²) in [5.74, 6) is 0.137. The molecular weight excluding hydrogens is 280 g/mol. The van der Waals surface area contributed by atoms with Crippen molar-refractivity contribution in [3.63, 3.8) is 0 Å². The molecule has 0 aromatic heterocycles. The first-order valence-corrected chi connectivity index (χ1v) is 7.79. The third kappa shape index (κ3) is 2.73. The summed E-state index contributed by atoms with van der Waals surface area (Å²) in [5.41, 5.74) is 1.14. The fourth-order valence-electron chi connectivity index (χ4n) is 3.12. The standard InChI is InChI=1S/C17H22N2O3/c1-17(2)12-22-10-9-19(17)16(21)13-5-3-6-14(11-13)18-8-4-7-15(18)20/h3,5-6,11H,4,7-10,12H2,1-2H3. The van der Waals surface area contributed by atoms with Gasteiger partial charge in [-0.25, -0.2) is 0 Å². The number of morpholine rings is 1. The van der Waals surface area contributed by atoms with Crippen molar-refractivity contribution in [3.05, 3.63) is 29.8 Å². The zero-order valence-electron chi connectivity index (χ0n) is 13.2. The predicted octanol–water partition coefficient (Wildman–Crippen LogP) is 2.06. The highest BCUT2D eigenvalue weighted by atomic mass is 16.5. The van der Waals surface area contributed by atoms with Crippen LogP contribution in [0.25, 0.3) is 0 Å². The van der Waals surface area contributed by atoms with Crippen molar-refractivity contribution >= 4 is 17.5 Å². The molecule has 2 aliphatic rings. The molecule has 2 aliphatic heterocycles. The number of hydrogen-bond donors (Lipinski definition) is 0. The normalized spacial score (nSPS) is 21.3. The summed E-state index contributed by atoms with van der Waals surface area (Å²) in [6, 6.07) is 7.39. The zero-order chi connectivity index (χ0) is 15.7. The molecule has 0 saturated carbocycles. The molecule has 5 heteroatoms. The third-order valence-corrected chi connectivity index (χ3v) is 4.37. The van der Waals surface area contributed by atoms with Crippen LogP contribution in [-0.2, 0) is 9.53 Å². The molecule has 2 fully saturated rings. The van der Waals surface area contributed by atoms with Gasteiger partial charge in [0, 0.05) is 30.8 Å². The van der Waals surface area contributed by atoms with Gasteiger partial charge in [0.25, 0.3) is 5.91 Å². The number of rotatable bonds is 2. The van der Waals surface area contributed by atoms with Crippen LogP contribution in [0.2, 0.25) is 0 Å². The lowest BCUT2D eigenvalue weighted by atomic mass is 10.0. The van der Waals surface area contributed by atoms with Crippen molar-refractivity contribution in [1.29, 1.82) is 0 Å². The van der Waals surface area contributed by atoms with Gasteiger partial charge in [-0.15, -0.1) is 0 Å². The van der Waals surface area contributed by atoms with E-state index >= 15 is 0 Å². The summed E-state index contributed by atoms with van der Waals surface area (Å²) in [7, 11) is 0. The topological polar surface area (TPSA) is 49.9 Å². The molecule has 22 heavy (non-hydrogen) atoms. The Morgan fingerprint density at radius 1 is 1.27 bits per heavy atom. The number of amides is 2. The van der Waals surface area contributed by atoms with E-state index in [-0.39, 0.29) is 17.4 Å². The highest BCUT2D eigenvalue weighted by Crippen LogP contribution is 2.25. The van der Waals surface area contributed by atoms with Gasteiger partial charge >= 0.3 is 0 Å². The first-order valence-electron chi connectivity index (χ1n) is 7.79. The summed E-state index contributed by atoms with van der Waals surface area (Å²) in [4.78, 5) is 28.3. The Labute approximate surface area is 130 Å². The average molecular weight is 302 g/mol. The molecule has 0 spiro atoms. The fraction of sp³-hybridized carbons (Fsp3) is 0.529. The SMILES string of the molecule is CC1(C)COCCN1C(=O)c1cccc(N2CCCC2=O)c1. The second-order valence-electron chi connectivity index (χ2n) is 6.52. The maximum atomic E-state index is 12.8. The highest BCUT2D eigenvalue weighted by molar-refractivity contribution is 5.99. The van der Waals surface area contributed by atoms with Gasteiger partial charge in [0.2, 0.25) is 5.91 Å². The number of anilines is 1. The Balaban J connectivity index is 1.85. The maximum Gasteiger partial charge on any atom is 0.254 e. The molecule has 0 aliphatic carbocycles. The molecule has 0 N–H and O–H groups in total. The molecule has 0 unspecified atom stereocenters. The fourth-order valence-corrected chi connectivity index (χ4v) is 3.12. The van der Waals surface area contributed by atoms with Crippen LogP contribution >= 0.6 is 0 Å². The largest absolute Gasteiger partial charge is 0.377 e. The highest BCUT2D eigenvalue weighted by Gasteiger charge is 2.34. The van der Waals surface area contributed by atoms with E-state index in [2.05, 4.69) is 0 Å². The Hall–Kier alpha value is -1.88. The molecule has 0 bridgehead atoms. The van der Waals surface area contributed by atoms with Crippen LogP contribution in [0.15, 0.2) is 24.3 Å². The van der Waals surface area contributed by atoms with Gasteiger partial charge in [-0.1, -0.05) is 6.07 Å². The molecule has 2 saturated heterocycles. The van der Waals surface area contributed by atoms with Gasteiger partial charge in [-0.3, -0.25) is 9.59 Å². The minimum atomic E-state index is -0.311. The molecule has 1 aromatic carbocycles. The van der Waals surface area contributed by atoms with Crippen molar-refractivity contribution in [3.8, 4) is 0 Å². The molecule has 0 radical (unpaired) electrons. The smallest absolute Gasteiger partial charge is 0.254 e. The van der Waals surface area contributed by atoms with E-state index < -0.39 is 0 Å². The van der Waals surface area contributed by atoms with Crippen LogP contribution in [0, 0.1) is 0 Å². The van der Waals surface area contributed by atoms with Gasteiger partial charge in [0.05, 0.1) is 18.8 Å². The average Bonchev–Trinajstić information content (AvgIpc) is 2.92. The van der Waals surface area contributed by atoms with Gasteiger partial charge < -0.3 is 14.5 Å². The van der Waals surface area contributed by atoms with Crippen molar-refractivity contribution < 1.29 is 14.3 Å². The number of hydrogen-bond acceptors (Lipinski definition) is 3. The van der Waals surface area contributed by atoms with E-state index in [1.54, 1.807) is 4.90 Å². The first-order chi connectivity index (χ1) is 10.5. The second-order valence-corrected chi connectivity index (χ2v) is 6.52. The lowest BCUT2D eigenvalue weighted by Gasteiger charge is -2.42. The van der Waals surface area contributed by atoms with E-state index in [4.69, 9.17) is 4.74 Å². The molecule has 1 aromatic rings. The quantitative estimate of drug-likeness (QED) is 0.840. The lowest BCUT2D eigenvalue weighted by molar-refractivity contribution is -0.117. The van der Waals surface area contributed by atoms with Gasteiger partial charge in [-0.2, -0.15) is 0 Å². The number of carbonyl (C=O) groups excluding carboxylic acids is 2. The monoisotopic (exact) mass is 302 g/mol. The van der Waals surface area contributed by atoms with Crippen LogP contribution in [0.1, 0.15) is 37.0 Å². The predicted molar refractivity (Wildman–Crippen MR) is 84.0 cm³/mol. The molecule has 118 valence electrons. The third-order valence-electron chi connectivity index (χ3n) is 4.37. The Bertz CT molecular complexity index is 597. The van der Waals surface area contributed by atoms with Crippen molar-refractivity contribution in [2.24, 2.45) is 0 Å². The Morgan fingerprint density at radius 2 is 2.09 bits per heavy atom.